The number of hydrogen-bond donors (Lipinski definition) is 1. The maximum absolute atomic E-state index is 13.0. The zero-order valence-electron chi connectivity index (χ0n) is 18.3. The lowest BCUT2D eigenvalue weighted by Crippen LogP contribution is -2.31. The zero-order chi connectivity index (χ0) is 23.8. The van der Waals surface area contributed by atoms with Crippen LogP contribution >= 0.6 is 0 Å². The van der Waals surface area contributed by atoms with Gasteiger partial charge < -0.3 is 19.3 Å². The van der Waals surface area contributed by atoms with E-state index in [0.717, 1.165) is 22.8 Å². The first kappa shape index (κ1) is 21.6. The first-order valence-electron chi connectivity index (χ1n) is 10.7. The summed E-state index contributed by atoms with van der Waals surface area (Å²) in [7, 11) is 1.89. The molecule has 4 aromatic rings. The van der Waals surface area contributed by atoms with Crippen LogP contribution in [0, 0.1) is 5.82 Å². The van der Waals surface area contributed by atoms with E-state index in [9.17, 15) is 19.1 Å². The van der Waals surface area contributed by atoms with E-state index in [-0.39, 0.29) is 12.4 Å². The largest absolute Gasteiger partial charge is 0.485 e. The van der Waals surface area contributed by atoms with Crippen LogP contribution in [0.2, 0.25) is 0 Å². The Morgan fingerprint density at radius 3 is 2.74 bits per heavy atom. The van der Waals surface area contributed by atoms with Gasteiger partial charge in [0, 0.05) is 43.7 Å². The molecule has 5 heterocycles. The molecule has 1 amide bonds. The number of halogens is 1. The van der Waals surface area contributed by atoms with Crippen LogP contribution in [0.1, 0.15) is 17.0 Å². The molecular formula is C23H21FN6O4. The van der Waals surface area contributed by atoms with Crippen LogP contribution in [0.3, 0.4) is 0 Å². The van der Waals surface area contributed by atoms with Gasteiger partial charge in [0.25, 0.3) is 5.56 Å². The summed E-state index contributed by atoms with van der Waals surface area (Å²) in [5, 5.41) is 14.4. The van der Waals surface area contributed by atoms with Gasteiger partial charge in [0.1, 0.15) is 23.8 Å². The quantitative estimate of drug-likeness (QED) is 0.493. The Bertz CT molecular complexity index is 1450. The zero-order valence-corrected chi connectivity index (χ0v) is 18.3. The second-order valence-corrected chi connectivity index (χ2v) is 7.99. The van der Waals surface area contributed by atoms with E-state index in [1.54, 1.807) is 6.07 Å². The summed E-state index contributed by atoms with van der Waals surface area (Å²) in [6.45, 7) is 0.929. The van der Waals surface area contributed by atoms with E-state index in [0.29, 0.717) is 43.1 Å². The Morgan fingerprint density at radius 2 is 2.00 bits per heavy atom. The second-order valence-electron chi connectivity index (χ2n) is 7.99. The molecule has 10 nitrogen and oxygen atoms in total. The third-order valence-corrected chi connectivity index (χ3v) is 5.94. The molecule has 0 spiro atoms. The summed E-state index contributed by atoms with van der Waals surface area (Å²) in [6.07, 6.45) is 2.80. The van der Waals surface area contributed by atoms with Crippen LogP contribution in [0.25, 0.3) is 16.9 Å². The molecule has 0 aromatic carbocycles. The number of pyridine rings is 2. The molecule has 0 atom stereocenters. The molecule has 0 aliphatic carbocycles. The third kappa shape index (κ3) is 3.96. The van der Waals surface area contributed by atoms with Gasteiger partial charge in [0.15, 0.2) is 5.82 Å². The molecule has 174 valence electrons. The number of fused-ring (bicyclic) bond motifs is 3. The minimum absolute atomic E-state index is 0.0732. The molecule has 0 radical (unpaired) electrons. The number of hydrogen-bond acceptors (Lipinski definition) is 6. The molecule has 1 N–H and O–H groups in total. The molecule has 11 heteroatoms. The van der Waals surface area contributed by atoms with Gasteiger partial charge in [-0.1, -0.05) is 0 Å². The van der Waals surface area contributed by atoms with Gasteiger partial charge in [-0.25, -0.2) is 14.2 Å². The van der Waals surface area contributed by atoms with Gasteiger partial charge in [-0.2, -0.15) is 9.78 Å². The van der Waals surface area contributed by atoms with Crippen LogP contribution in [-0.4, -0.2) is 53.5 Å². The van der Waals surface area contributed by atoms with Crippen molar-refractivity contribution in [1.82, 2.24) is 29.2 Å². The summed E-state index contributed by atoms with van der Waals surface area (Å²) in [6, 6.07) is 7.72. The first-order valence-corrected chi connectivity index (χ1v) is 10.7. The van der Waals surface area contributed by atoms with Gasteiger partial charge in [-0.05, 0) is 36.2 Å². The van der Waals surface area contributed by atoms with E-state index in [1.807, 2.05) is 17.7 Å². The predicted molar refractivity (Wildman–Crippen MR) is 120 cm³/mol. The number of rotatable bonds is 4. The number of carbonyl (C=O) groups is 1. The molecule has 1 aliphatic rings. The molecule has 1 aliphatic heterocycles. The number of nitrogens with zero attached hydrogens (tertiary/aromatic N) is 6. The summed E-state index contributed by atoms with van der Waals surface area (Å²) in [4.78, 5) is 34.1. The lowest BCUT2D eigenvalue weighted by atomic mass is 10.1. The highest BCUT2D eigenvalue weighted by atomic mass is 19.1. The average molecular weight is 464 g/mol. The summed E-state index contributed by atoms with van der Waals surface area (Å²) in [5.74, 6) is 0.198. The molecule has 0 saturated carbocycles. The van der Waals surface area contributed by atoms with E-state index in [1.165, 1.54) is 34.0 Å². The minimum atomic E-state index is -0.913. The van der Waals surface area contributed by atoms with Gasteiger partial charge >= 0.3 is 6.09 Å². The van der Waals surface area contributed by atoms with E-state index in [4.69, 9.17) is 4.74 Å². The maximum atomic E-state index is 13.0. The van der Waals surface area contributed by atoms with Crippen LogP contribution in [0.15, 0.2) is 47.5 Å². The van der Waals surface area contributed by atoms with Crippen molar-refractivity contribution < 1.29 is 19.0 Å². The van der Waals surface area contributed by atoms with Crippen LogP contribution in [0.5, 0.6) is 5.75 Å². The van der Waals surface area contributed by atoms with Crippen molar-refractivity contribution in [2.45, 2.75) is 19.4 Å². The van der Waals surface area contributed by atoms with Crippen molar-refractivity contribution in [3.05, 3.63) is 75.8 Å². The van der Waals surface area contributed by atoms with Crippen LogP contribution in [0.4, 0.5) is 9.18 Å². The number of aryl methyl sites for hydroxylation is 1. The molecule has 5 rings (SSSR count). The molecule has 0 unspecified atom stereocenters. The average Bonchev–Trinajstić information content (AvgIpc) is 2.97. The number of carboxylic acid groups (broad SMARTS) is 1. The van der Waals surface area contributed by atoms with Gasteiger partial charge in [-0.3, -0.25) is 9.78 Å². The van der Waals surface area contributed by atoms with Crippen molar-refractivity contribution in [3.8, 4) is 11.6 Å². The Kier molecular flexibility index (Phi) is 5.44. The molecular weight excluding hydrogens is 443 g/mol. The fourth-order valence-corrected chi connectivity index (χ4v) is 4.21. The fourth-order valence-electron chi connectivity index (χ4n) is 4.21. The summed E-state index contributed by atoms with van der Waals surface area (Å²) < 4.78 is 21.7. The second kappa shape index (κ2) is 8.58. The standard InChI is InChI=1S/C23H21FN6O4/c1-28-19-7-9-29(23(32)33)8-6-17(19)18-4-5-20(27-22(18)28)30-21(31)10-16(12-26-30)34-13-15-3-2-14(24)11-25-15/h2-5,10-12H,6-9,13H2,1H3,(H,32,33). The number of ether oxygens (including phenoxy) is 1. The van der Waals surface area contributed by atoms with Crippen molar-refractivity contribution in [2.24, 2.45) is 7.05 Å². The van der Waals surface area contributed by atoms with Crippen LogP contribution in [-0.2, 0) is 26.5 Å². The van der Waals surface area contributed by atoms with Gasteiger partial charge in [-0.15, -0.1) is 0 Å². The first-order chi connectivity index (χ1) is 16.4. The normalized spacial score (nSPS) is 13.5. The molecule has 0 saturated heterocycles. The lowest BCUT2D eigenvalue weighted by molar-refractivity contribution is 0.147. The lowest BCUT2D eigenvalue weighted by Gasteiger charge is -2.15. The van der Waals surface area contributed by atoms with E-state index in [2.05, 4.69) is 15.1 Å². The molecule has 34 heavy (non-hydrogen) atoms. The van der Waals surface area contributed by atoms with Gasteiger partial charge in [0.05, 0.1) is 18.1 Å². The Labute approximate surface area is 192 Å². The molecule has 0 fully saturated rings. The van der Waals surface area contributed by atoms with E-state index < -0.39 is 17.5 Å². The summed E-state index contributed by atoms with van der Waals surface area (Å²) >= 11 is 0. The Morgan fingerprint density at radius 1 is 1.18 bits per heavy atom. The third-order valence-electron chi connectivity index (χ3n) is 5.94. The smallest absolute Gasteiger partial charge is 0.407 e. The number of amides is 1. The molecule has 0 bridgehead atoms. The molecule has 4 aromatic heterocycles. The highest BCUT2D eigenvalue weighted by Crippen LogP contribution is 2.28. The van der Waals surface area contributed by atoms with Crippen molar-refractivity contribution in [3.63, 3.8) is 0 Å². The predicted octanol–water partition coefficient (Wildman–Crippen LogP) is 2.31. The highest BCUT2D eigenvalue weighted by Gasteiger charge is 2.23. The van der Waals surface area contributed by atoms with Gasteiger partial charge in [0.2, 0.25) is 0 Å². The van der Waals surface area contributed by atoms with Crippen molar-refractivity contribution in [1.29, 1.82) is 0 Å². The maximum Gasteiger partial charge on any atom is 0.407 e. The summed E-state index contributed by atoms with van der Waals surface area (Å²) in [5.41, 5.74) is 2.94. The van der Waals surface area contributed by atoms with Crippen LogP contribution < -0.4 is 10.3 Å². The topological polar surface area (TPSA) is 115 Å². The van der Waals surface area contributed by atoms with Crippen molar-refractivity contribution in [2.75, 3.05) is 13.1 Å². The monoisotopic (exact) mass is 464 g/mol. The van der Waals surface area contributed by atoms with E-state index >= 15 is 0 Å². The van der Waals surface area contributed by atoms with Crippen molar-refractivity contribution >= 4 is 17.1 Å². The highest BCUT2D eigenvalue weighted by molar-refractivity contribution is 5.83. The SMILES string of the molecule is Cn1c2c(c3ccc(-n4ncc(OCc5ccc(F)cn5)cc4=O)nc31)CCN(C(=O)O)CC2. The number of aromatic nitrogens is 5. The minimum Gasteiger partial charge on any atom is -0.485 e. The Hall–Kier alpha value is -4.28. The fraction of sp³-hybridized carbons (Fsp3) is 0.261. The Balaban J connectivity index is 1.40.